The fraction of sp³-hybridized carbons (Fsp3) is 0.0952. The van der Waals surface area contributed by atoms with Gasteiger partial charge in [0.1, 0.15) is 17.3 Å². The molecule has 0 fully saturated rings. The Balaban J connectivity index is 1.89. The van der Waals surface area contributed by atoms with Gasteiger partial charge in [0.15, 0.2) is 0 Å². The summed E-state index contributed by atoms with van der Waals surface area (Å²) in [6.45, 7) is 3.38. The van der Waals surface area contributed by atoms with E-state index in [0.29, 0.717) is 5.56 Å². The third kappa shape index (κ3) is 4.43. The summed E-state index contributed by atoms with van der Waals surface area (Å²) in [6.07, 6.45) is 0. The molecular weight excluding hydrogens is 398 g/mol. The van der Waals surface area contributed by atoms with Crippen molar-refractivity contribution in [3.05, 3.63) is 89.0 Å². The van der Waals surface area contributed by atoms with Crippen molar-refractivity contribution < 1.29 is 22.0 Å². The number of sulfonamides is 1. The zero-order valence-corrected chi connectivity index (χ0v) is 16.5. The van der Waals surface area contributed by atoms with Crippen molar-refractivity contribution in [3.63, 3.8) is 0 Å². The lowest BCUT2D eigenvalue weighted by Gasteiger charge is -2.14. The third-order valence-corrected chi connectivity index (χ3v) is 5.74. The summed E-state index contributed by atoms with van der Waals surface area (Å²) < 4.78 is 55.3. The van der Waals surface area contributed by atoms with Crippen LogP contribution in [0.25, 0.3) is 0 Å². The first-order chi connectivity index (χ1) is 13.7. The number of benzene rings is 3. The molecule has 0 aliphatic rings. The largest absolute Gasteiger partial charge is 0.317 e. The van der Waals surface area contributed by atoms with Gasteiger partial charge in [-0.3, -0.25) is 9.52 Å². The fourth-order valence-corrected chi connectivity index (χ4v) is 3.83. The van der Waals surface area contributed by atoms with E-state index in [2.05, 4.69) is 10.0 Å². The van der Waals surface area contributed by atoms with Crippen LogP contribution in [0.3, 0.4) is 0 Å². The van der Waals surface area contributed by atoms with Crippen molar-refractivity contribution >= 4 is 27.3 Å². The van der Waals surface area contributed by atoms with E-state index in [-0.39, 0.29) is 16.1 Å². The highest BCUT2D eigenvalue weighted by molar-refractivity contribution is 7.92. The van der Waals surface area contributed by atoms with E-state index in [1.807, 2.05) is 6.92 Å². The van der Waals surface area contributed by atoms with Gasteiger partial charge in [0.2, 0.25) is 0 Å². The van der Waals surface area contributed by atoms with Crippen LogP contribution in [0.5, 0.6) is 0 Å². The molecule has 150 valence electrons. The van der Waals surface area contributed by atoms with Crippen LogP contribution in [0.15, 0.2) is 65.6 Å². The first kappa shape index (κ1) is 20.5. The van der Waals surface area contributed by atoms with Crippen molar-refractivity contribution in [3.8, 4) is 0 Å². The number of hydrogen-bond acceptors (Lipinski definition) is 3. The molecule has 0 radical (unpaired) electrons. The molecule has 1 amide bonds. The van der Waals surface area contributed by atoms with Crippen LogP contribution in [0, 0.1) is 25.5 Å². The van der Waals surface area contributed by atoms with Crippen molar-refractivity contribution in [1.82, 2.24) is 0 Å². The van der Waals surface area contributed by atoms with Gasteiger partial charge in [0.25, 0.3) is 15.9 Å². The summed E-state index contributed by atoms with van der Waals surface area (Å²) in [7, 11) is -3.87. The summed E-state index contributed by atoms with van der Waals surface area (Å²) in [6, 6.07) is 14.0. The van der Waals surface area contributed by atoms with E-state index in [0.717, 1.165) is 17.7 Å². The smallest absolute Gasteiger partial charge is 0.261 e. The maximum Gasteiger partial charge on any atom is 0.261 e. The van der Waals surface area contributed by atoms with Crippen LogP contribution in [-0.4, -0.2) is 14.3 Å². The van der Waals surface area contributed by atoms with E-state index in [1.54, 1.807) is 19.1 Å². The first-order valence-electron chi connectivity index (χ1n) is 8.63. The Morgan fingerprint density at radius 3 is 2.07 bits per heavy atom. The minimum absolute atomic E-state index is 0.0748. The number of amides is 1. The van der Waals surface area contributed by atoms with Gasteiger partial charge in [-0.1, -0.05) is 29.8 Å². The molecule has 0 aliphatic carbocycles. The van der Waals surface area contributed by atoms with E-state index >= 15 is 0 Å². The quantitative estimate of drug-likeness (QED) is 0.637. The second-order valence-corrected chi connectivity index (χ2v) is 8.13. The number of anilines is 2. The highest BCUT2D eigenvalue weighted by Crippen LogP contribution is 2.25. The minimum Gasteiger partial charge on any atom is -0.317 e. The summed E-state index contributed by atoms with van der Waals surface area (Å²) in [4.78, 5) is 12.6. The summed E-state index contributed by atoms with van der Waals surface area (Å²) in [5.74, 6) is -2.58. The molecule has 5 nitrogen and oxygen atoms in total. The number of carbonyl (C=O) groups is 1. The highest BCUT2D eigenvalue weighted by atomic mass is 32.2. The zero-order valence-electron chi connectivity index (χ0n) is 15.7. The van der Waals surface area contributed by atoms with Gasteiger partial charge in [0.05, 0.1) is 10.6 Å². The number of rotatable bonds is 5. The van der Waals surface area contributed by atoms with Crippen LogP contribution in [0.1, 0.15) is 21.5 Å². The second kappa shape index (κ2) is 8.00. The Labute approximate surface area is 167 Å². The molecule has 29 heavy (non-hydrogen) atoms. The lowest BCUT2D eigenvalue weighted by molar-refractivity contribution is 0.102. The Hall–Kier alpha value is -3.26. The number of carbonyl (C=O) groups excluding carboxylic acids is 1. The van der Waals surface area contributed by atoms with Crippen molar-refractivity contribution in [1.29, 1.82) is 0 Å². The molecule has 3 rings (SSSR count). The van der Waals surface area contributed by atoms with Gasteiger partial charge in [-0.15, -0.1) is 0 Å². The lowest BCUT2D eigenvalue weighted by atomic mass is 10.1. The van der Waals surface area contributed by atoms with Gasteiger partial charge in [0, 0.05) is 5.56 Å². The molecule has 0 unspecified atom stereocenters. The minimum atomic E-state index is -3.87. The molecule has 3 aromatic carbocycles. The van der Waals surface area contributed by atoms with E-state index in [1.165, 1.54) is 36.4 Å². The number of aryl methyl sites for hydroxylation is 1. The number of halogens is 2. The third-order valence-electron chi connectivity index (χ3n) is 4.36. The molecule has 0 aliphatic heterocycles. The van der Waals surface area contributed by atoms with Crippen molar-refractivity contribution in [2.45, 2.75) is 18.7 Å². The Morgan fingerprint density at radius 2 is 1.45 bits per heavy atom. The van der Waals surface area contributed by atoms with E-state index in [9.17, 15) is 22.0 Å². The van der Waals surface area contributed by atoms with Crippen molar-refractivity contribution in [2.75, 3.05) is 10.0 Å². The van der Waals surface area contributed by atoms with Crippen molar-refractivity contribution in [2.24, 2.45) is 0 Å². The normalized spacial score (nSPS) is 11.2. The Kier molecular flexibility index (Phi) is 5.65. The molecular formula is C21H18F2N2O3S. The molecule has 0 heterocycles. The lowest BCUT2D eigenvalue weighted by Crippen LogP contribution is -2.18. The summed E-state index contributed by atoms with van der Waals surface area (Å²) in [5.41, 5.74) is 0.933. The average Bonchev–Trinajstić information content (AvgIpc) is 2.66. The summed E-state index contributed by atoms with van der Waals surface area (Å²) >= 11 is 0. The SMILES string of the molecule is Cc1ccc(S(=O)(=O)Nc2cccc(C(=O)Nc3c(F)cccc3F)c2C)cc1. The molecule has 3 aromatic rings. The van der Waals surface area contributed by atoms with E-state index < -0.39 is 33.3 Å². The molecule has 0 saturated heterocycles. The molecule has 0 saturated carbocycles. The number of hydrogen-bond donors (Lipinski definition) is 2. The number of nitrogens with one attached hydrogen (secondary N) is 2. The summed E-state index contributed by atoms with van der Waals surface area (Å²) in [5, 5.41) is 2.20. The van der Waals surface area contributed by atoms with Crippen LogP contribution in [0.2, 0.25) is 0 Å². The first-order valence-corrected chi connectivity index (χ1v) is 10.1. The predicted molar refractivity (Wildman–Crippen MR) is 107 cm³/mol. The monoisotopic (exact) mass is 416 g/mol. The van der Waals surface area contributed by atoms with Gasteiger partial charge in [-0.05, 0) is 55.8 Å². The Morgan fingerprint density at radius 1 is 0.862 bits per heavy atom. The average molecular weight is 416 g/mol. The van der Waals surface area contributed by atoms with Gasteiger partial charge in [-0.25, -0.2) is 17.2 Å². The second-order valence-electron chi connectivity index (χ2n) is 6.45. The van der Waals surface area contributed by atoms with Crippen LogP contribution in [0.4, 0.5) is 20.2 Å². The highest BCUT2D eigenvalue weighted by Gasteiger charge is 2.19. The molecule has 0 bridgehead atoms. The fourth-order valence-electron chi connectivity index (χ4n) is 2.71. The van der Waals surface area contributed by atoms with Crippen LogP contribution < -0.4 is 10.0 Å². The molecule has 8 heteroatoms. The van der Waals surface area contributed by atoms with Gasteiger partial charge >= 0.3 is 0 Å². The van der Waals surface area contributed by atoms with Gasteiger partial charge < -0.3 is 5.32 Å². The Bertz CT molecular complexity index is 1160. The molecule has 0 atom stereocenters. The molecule has 0 spiro atoms. The maximum absolute atomic E-state index is 13.8. The number of para-hydroxylation sites is 1. The maximum atomic E-state index is 13.8. The van der Waals surface area contributed by atoms with Crippen LogP contribution >= 0.6 is 0 Å². The molecule has 2 N–H and O–H groups in total. The zero-order chi connectivity index (χ0) is 21.2. The predicted octanol–water partition coefficient (Wildman–Crippen LogP) is 4.63. The van der Waals surface area contributed by atoms with Gasteiger partial charge in [-0.2, -0.15) is 0 Å². The standard InChI is InChI=1S/C21H18F2N2O3S/c1-13-9-11-15(12-10-13)29(27,28)25-19-8-3-5-16(14(19)2)21(26)24-20-17(22)6-4-7-18(20)23/h3-12,25H,1-2H3,(H,24,26). The topological polar surface area (TPSA) is 75.3 Å². The molecule has 0 aromatic heterocycles. The van der Waals surface area contributed by atoms with Crippen LogP contribution in [-0.2, 0) is 10.0 Å². The van der Waals surface area contributed by atoms with E-state index in [4.69, 9.17) is 0 Å².